The van der Waals surface area contributed by atoms with Crippen LogP contribution in [0.2, 0.25) is 0 Å². The van der Waals surface area contributed by atoms with Gasteiger partial charge in [0.1, 0.15) is 22.9 Å². The monoisotopic (exact) mass is 407 g/mol. The second-order valence-corrected chi connectivity index (χ2v) is 7.32. The van der Waals surface area contributed by atoms with Gasteiger partial charge in [-0.2, -0.15) is 5.26 Å². The highest BCUT2D eigenvalue weighted by molar-refractivity contribution is 5.91. The first kappa shape index (κ1) is 21.4. The van der Waals surface area contributed by atoms with Gasteiger partial charge < -0.3 is 4.74 Å². The Labute approximate surface area is 175 Å². The number of hydrogen-bond acceptors (Lipinski definition) is 3. The van der Waals surface area contributed by atoms with E-state index in [0.717, 1.165) is 19.3 Å². The SMILES string of the molecule is CCCCCC1=CCC(c2cc(F)c(C(=O)Oc3ccc(C#N)cc3)c(F)c2)C=C1. The van der Waals surface area contributed by atoms with Crippen molar-refractivity contribution >= 4 is 5.97 Å². The van der Waals surface area contributed by atoms with Gasteiger partial charge >= 0.3 is 5.97 Å². The van der Waals surface area contributed by atoms with Crippen molar-refractivity contribution in [3.63, 3.8) is 0 Å². The van der Waals surface area contributed by atoms with E-state index in [1.807, 2.05) is 18.2 Å². The standard InChI is InChI=1S/C25H23F2NO2/c1-2-3-4-5-17-6-10-19(11-7-17)20-14-22(26)24(23(27)15-20)25(29)30-21-12-8-18(16-28)9-13-21/h6-10,12-15,19H,2-5,11H2,1H3. The molecule has 1 unspecified atom stereocenters. The van der Waals surface area contributed by atoms with Gasteiger partial charge in [0, 0.05) is 5.92 Å². The molecule has 0 amide bonds. The molecule has 30 heavy (non-hydrogen) atoms. The summed E-state index contributed by atoms with van der Waals surface area (Å²) < 4.78 is 34.2. The van der Waals surface area contributed by atoms with Gasteiger partial charge in [-0.25, -0.2) is 13.6 Å². The first-order valence-corrected chi connectivity index (χ1v) is 10.1. The van der Waals surface area contributed by atoms with Crippen LogP contribution in [0.25, 0.3) is 0 Å². The Hall–Kier alpha value is -3.26. The summed E-state index contributed by atoms with van der Waals surface area (Å²) in [5.41, 5.74) is 1.40. The molecule has 0 N–H and O–H groups in total. The van der Waals surface area contributed by atoms with Gasteiger partial charge in [-0.15, -0.1) is 0 Å². The van der Waals surface area contributed by atoms with Crippen molar-refractivity contribution in [3.8, 4) is 11.8 Å². The smallest absolute Gasteiger partial charge is 0.349 e. The molecule has 5 heteroatoms. The maximum absolute atomic E-state index is 14.6. The van der Waals surface area contributed by atoms with Crippen LogP contribution in [0, 0.1) is 23.0 Å². The van der Waals surface area contributed by atoms with Crippen molar-refractivity contribution in [1.82, 2.24) is 0 Å². The van der Waals surface area contributed by atoms with Crippen molar-refractivity contribution in [2.24, 2.45) is 0 Å². The first-order chi connectivity index (χ1) is 14.5. The molecule has 0 aliphatic heterocycles. The quantitative estimate of drug-likeness (QED) is 0.295. The molecule has 0 spiro atoms. The number of unbranched alkanes of at least 4 members (excludes halogenated alkanes) is 2. The summed E-state index contributed by atoms with van der Waals surface area (Å²) in [6, 6.07) is 10.0. The average Bonchev–Trinajstić information content (AvgIpc) is 2.74. The van der Waals surface area contributed by atoms with Crippen LogP contribution in [-0.2, 0) is 0 Å². The van der Waals surface area contributed by atoms with Crippen LogP contribution in [0.15, 0.2) is 60.2 Å². The molecule has 0 heterocycles. The van der Waals surface area contributed by atoms with Crippen molar-refractivity contribution in [3.05, 3.63) is 88.5 Å². The third kappa shape index (κ3) is 5.21. The molecule has 0 saturated heterocycles. The minimum Gasteiger partial charge on any atom is -0.423 e. The highest BCUT2D eigenvalue weighted by Crippen LogP contribution is 2.31. The van der Waals surface area contributed by atoms with E-state index in [4.69, 9.17) is 10.00 Å². The topological polar surface area (TPSA) is 50.1 Å². The predicted octanol–water partition coefficient (Wildman–Crippen LogP) is 6.61. The van der Waals surface area contributed by atoms with Gasteiger partial charge in [-0.1, -0.05) is 43.6 Å². The van der Waals surface area contributed by atoms with Crippen molar-refractivity contribution in [2.75, 3.05) is 0 Å². The molecule has 3 nitrogen and oxygen atoms in total. The molecule has 154 valence electrons. The first-order valence-electron chi connectivity index (χ1n) is 10.1. The maximum atomic E-state index is 14.6. The molecule has 0 fully saturated rings. The van der Waals surface area contributed by atoms with Crippen molar-refractivity contribution in [1.29, 1.82) is 5.26 Å². The Morgan fingerprint density at radius 1 is 1.17 bits per heavy atom. The van der Waals surface area contributed by atoms with Gasteiger partial charge in [-0.3, -0.25) is 0 Å². The largest absolute Gasteiger partial charge is 0.423 e. The second-order valence-electron chi connectivity index (χ2n) is 7.32. The summed E-state index contributed by atoms with van der Waals surface area (Å²) in [6.07, 6.45) is 11.3. The third-order valence-electron chi connectivity index (χ3n) is 5.14. The minimum atomic E-state index is -1.11. The minimum absolute atomic E-state index is 0.109. The normalized spacial score (nSPS) is 15.4. The van der Waals surface area contributed by atoms with Crippen LogP contribution >= 0.6 is 0 Å². The number of hydrogen-bond donors (Lipinski definition) is 0. The van der Waals surface area contributed by atoms with E-state index in [-0.39, 0.29) is 11.7 Å². The second kappa shape index (κ2) is 9.98. The highest BCUT2D eigenvalue weighted by Gasteiger charge is 2.23. The van der Waals surface area contributed by atoms with Gasteiger partial charge in [0.05, 0.1) is 11.6 Å². The molecule has 0 saturated carbocycles. The zero-order valence-corrected chi connectivity index (χ0v) is 16.8. The zero-order valence-electron chi connectivity index (χ0n) is 16.8. The number of rotatable bonds is 7. The molecule has 1 aliphatic carbocycles. The Morgan fingerprint density at radius 3 is 2.43 bits per heavy atom. The Morgan fingerprint density at radius 2 is 1.87 bits per heavy atom. The number of nitriles is 1. The molecule has 0 radical (unpaired) electrons. The molecular formula is C25H23F2NO2. The summed E-state index contributed by atoms with van der Waals surface area (Å²) in [6.45, 7) is 2.16. The van der Waals surface area contributed by atoms with E-state index in [1.54, 1.807) is 0 Å². The summed E-state index contributed by atoms with van der Waals surface area (Å²) in [5, 5.41) is 8.79. The van der Waals surface area contributed by atoms with Gasteiger partial charge in [0.15, 0.2) is 0 Å². The van der Waals surface area contributed by atoms with Gasteiger partial charge in [0.2, 0.25) is 0 Å². The van der Waals surface area contributed by atoms with E-state index >= 15 is 0 Å². The number of carbonyl (C=O) groups is 1. The van der Waals surface area contributed by atoms with Crippen LogP contribution in [0.3, 0.4) is 0 Å². The fourth-order valence-corrected chi connectivity index (χ4v) is 3.43. The molecule has 3 rings (SSSR count). The molecule has 2 aromatic carbocycles. The summed E-state index contributed by atoms with van der Waals surface area (Å²) in [7, 11) is 0. The van der Waals surface area contributed by atoms with Crippen LogP contribution in [0.1, 0.15) is 66.4 Å². The number of carbonyl (C=O) groups excluding carboxylic acids is 1. The lowest BCUT2D eigenvalue weighted by molar-refractivity contribution is 0.0724. The highest BCUT2D eigenvalue weighted by atomic mass is 19.1. The van der Waals surface area contributed by atoms with Crippen molar-refractivity contribution in [2.45, 2.75) is 44.9 Å². The Bertz CT molecular complexity index is 993. The maximum Gasteiger partial charge on any atom is 0.349 e. The predicted molar refractivity (Wildman–Crippen MR) is 111 cm³/mol. The molecular weight excluding hydrogens is 384 g/mol. The van der Waals surface area contributed by atoms with E-state index in [1.165, 1.54) is 48.4 Å². The van der Waals surface area contributed by atoms with E-state index in [2.05, 4.69) is 13.0 Å². The fourth-order valence-electron chi connectivity index (χ4n) is 3.43. The number of nitrogens with zero attached hydrogens (tertiary/aromatic N) is 1. The molecule has 0 bridgehead atoms. The fraction of sp³-hybridized carbons (Fsp3) is 0.280. The number of esters is 1. The number of allylic oxidation sites excluding steroid dienone is 4. The zero-order chi connectivity index (χ0) is 21.5. The lowest BCUT2D eigenvalue weighted by Gasteiger charge is -2.18. The van der Waals surface area contributed by atoms with Crippen LogP contribution in [-0.4, -0.2) is 5.97 Å². The Balaban J connectivity index is 1.70. The van der Waals surface area contributed by atoms with E-state index in [0.29, 0.717) is 17.5 Å². The average molecular weight is 407 g/mol. The molecule has 1 atom stereocenters. The molecule has 0 aromatic heterocycles. The van der Waals surface area contributed by atoms with Crippen molar-refractivity contribution < 1.29 is 18.3 Å². The van der Waals surface area contributed by atoms with Gasteiger partial charge in [0.25, 0.3) is 0 Å². The number of halogens is 2. The Kier molecular flexibility index (Phi) is 7.13. The van der Waals surface area contributed by atoms with E-state index < -0.39 is 23.2 Å². The number of ether oxygens (including phenoxy) is 1. The van der Waals surface area contributed by atoms with E-state index in [9.17, 15) is 13.6 Å². The van der Waals surface area contributed by atoms with Crippen LogP contribution < -0.4 is 4.74 Å². The lowest BCUT2D eigenvalue weighted by Crippen LogP contribution is -2.14. The van der Waals surface area contributed by atoms with Crippen LogP contribution in [0.5, 0.6) is 5.75 Å². The summed E-state index contributed by atoms with van der Waals surface area (Å²) >= 11 is 0. The lowest BCUT2D eigenvalue weighted by atomic mass is 9.88. The third-order valence-corrected chi connectivity index (χ3v) is 5.14. The van der Waals surface area contributed by atoms with Gasteiger partial charge in [-0.05, 0) is 61.2 Å². The molecule has 2 aromatic rings. The summed E-state index contributed by atoms with van der Waals surface area (Å²) in [4.78, 5) is 12.3. The summed E-state index contributed by atoms with van der Waals surface area (Å²) in [5.74, 6) is -3.03. The molecule has 1 aliphatic rings. The number of benzene rings is 2. The van der Waals surface area contributed by atoms with Crippen LogP contribution in [0.4, 0.5) is 8.78 Å².